The monoisotopic (exact) mass is 333 g/mol. The number of nitrogens with zero attached hydrogens (tertiary/aromatic N) is 1. The number of carbonyl (C=O) groups excluding carboxylic acids is 2. The molecule has 0 radical (unpaired) electrons. The SMILES string of the molecule is CC(C)(COCc1ccccc1)C(=O)Nc1ncc(C(N)=O)s1. The van der Waals surface area contributed by atoms with Crippen molar-refractivity contribution in [2.24, 2.45) is 11.1 Å². The number of benzene rings is 1. The Kier molecular flexibility index (Phi) is 5.46. The zero-order valence-corrected chi connectivity index (χ0v) is 13.9. The molecule has 0 spiro atoms. The van der Waals surface area contributed by atoms with Gasteiger partial charge in [-0.3, -0.25) is 9.59 Å². The van der Waals surface area contributed by atoms with Crippen molar-refractivity contribution in [1.82, 2.24) is 4.98 Å². The van der Waals surface area contributed by atoms with Crippen molar-refractivity contribution in [3.63, 3.8) is 0 Å². The van der Waals surface area contributed by atoms with Gasteiger partial charge in [0.2, 0.25) is 5.91 Å². The molecule has 2 amide bonds. The number of amides is 2. The topological polar surface area (TPSA) is 94.3 Å². The van der Waals surface area contributed by atoms with Gasteiger partial charge in [0.15, 0.2) is 5.13 Å². The standard InChI is InChI=1S/C16H19N3O3S/c1-16(2,10-22-9-11-6-4-3-5-7-11)14(21)19-15-18-8-12(23-15)13(17)20/h3-8H,9-10H2,1-2H3,(H2,17,20)(H,18,19,21). The highest BCUT2D eigenvalue weighted by atomic mass is 32.1. The minimum absolute atomic E-state index is 0.226. The van der Waals surface area contributed by atoms with E-state index >= 15 is 0 Å². The number of rotatable bonds is 7. The van der Waals surface area contributed by atoms with Crippen LogP contribution >= 0.6 is 11.3 Å². The highest BCUT2D eigenvalue weighted by molar-refractivity contribution is 7.17. The Morgan fingerprint density at radius 1 is 1.30 bits per heavy atom. The van der Waals surface area contributed by atoms with Gasteiger partial charge in [0.05, 0.1) is 24.8 Å². The molecule has 122 valence electrons. The molecule has 1 heterocycles. The largest absolute Gasteiger partial charge is 0.376 e. The van der Waals surface area contributed by atoms with Gasteiger partial charge in [-0.05, 0) is 19.4 Å². The lowest BCUT2D eigenvalue weighted by atomic mass is 9.94. The second-order valence-electron chi connectivity index (χ2n) is 5.71. The lowest BCUT2D eigenvalue weighted by Gasteiger charge is -2.22. The number of nitrogens with two attached hydrogens (primary N) is 1. The molecule has 2 rings (SSSR count). The van der Waals surface area contributed by atoms with Crippen LogP contribution in [0.3, 0.4) is 0 Å². The highest BCUT2D eigenvalue weighted by Crippen LogP contribution is 2.23. The van der Waals surface area contributed by atoms with E-state index in [1.54, 1.807) is 13.8 Å². The van der Waals surface area contributed by atoms with Crippen LogP contribution in [-0.4, -0.2) is 23.4 Å². The summed E-state index contributed by atoms with van der Waals surface area (Å²) < 4.78 is 5.63. The Labute approximate surface area is 138 Å². The minimum Gasteiger partial charge on any atom is -0.376 e. The van der Waals surface area contributed by atoms with E-state index in [2.05, 4.69) is 10.3 Å². The first kappa shape index (κ1) is 17.1. The van der Waals surface area contributed by atoms with Crippen LogP contribution in [-0.2, 0) is 16.1 Å². The number of primary amides is 1. The van der Waals surface area contributed by atoms with Crippen molar-refractivity contribution >= 4 is 28.3 Å². The molecule has 1 aromatic carbocycles. The van der Waals surface area contributed by atoms with E-state index in [4.69, 9.17) is 10.5 Å². The summed E-state index contributed by atoms with van der Waals surface area (Å²) >= 11 is 1.05. The lowest BCUT2D eigenvalue weighted by Crippen LogP contribution is -2.34. The first-order valence-electron chi connectivity index (χ1n) is 7.07. The van der Waals surface area contributed by atoms with E-state index in [1.165, 1.54) is 6.20 Å². The van der Waals surface area contributed by atoms with Crippen molar-refractivity contribution in [3.05, 3.63) is 47.0 Å². The van der Waals surface area contributed by atoms with Crippen LogP contribution < -0.4 is 11.1 Å². The molecule has 0 fully saturated rings. The maximum Gasteiger partial charge on any atom is 0.260 e. The summed E-state index contributed by atoms with van der Waals surface area (Å²) in [6, 6.07) is 9.75. The molecule has 0 bridgehead atoms. The van der Waals surface area contributed by atoms with E-state index in [0.29, 0.717) is 16.6 Å². The number of hydrogen-bond acceptors (Lipinski definition) is 5. The van der Waals surface area contributed by atoms with Gasteiger partial charge in [0, 0.05) is 0 Å². The predicted molar refractivity (Wildman–Crippen MR) is 89.1 cm³/mol. The van der Waals surface area contributed by atoms with Gasteiger partial charge in [-0.15, -0.1) is 0 Å². The number of hydrogen-bond donors (Lipinski definition) is 2. The average Bonchev–Trinajstić information content (AvgIpc) is 2.97. The Bertz CT molecular complexity index is 683. The molecule has 7 heteroatoms. The summed E-state index contributed by atoms with van der Waals surface area (Å²) in [5.74, 6) is -0.788. The van der Waals surface area contributed by atoms with E-state index in [1.807, 2.05) is 30.3 Å². The van der Waals surface area contributed by atoms with Gasteiger partial charge in [-0.1, -0.05) is 41.7 Å². The van der Waals surface area contributed by atoms with Gasteiger partial charge < -0.3 is 15.8 Å². The third-order valence-electron chi connectivity index (χ3n) is 3.16. The maximum absolute atomic E-state index is 12.3. The average molecular weight is 333 g/mol. The molecule has 6 nitrogen and oxygen atoms in total. The predicted octanol–water partition coefficient (Wildman–Crippen LogP) is 2.42. The zero-order chi connectivity index (χ0) is 16.9. The summed E-state index contributed by atoms with van der Waals surface area (Å²) in [4.78, 5) is 27.6. The third kappa shape index (κ3) is 4.87. The van der Waals surface area contributed by atoms with Crippen molar-refractivity contribution in [1.29, 1.82) is 0 Å². The molecule has 2 aromatic rings. The number of carbonyl (C=O) groups is 2. The van der Waals surface area contributed by atoms with Crippen molar-refractivity contribution < 1.29 is 14.3 Å². The Hall–Kier alpha value is -2.25. The number of anilines is 1. The summed E-state index contributed by atoms with van der Waals surface area (Å²) in [6.07, 6.45) is 1.35. The van der Waals surface area contributed by atoms with Crippen LogP contribution in [0.15, 0.2) is 36.5 Å². The van der Waals surface area contributed by atoms with Crippen molar-refractivity contribution in [3.8, 4) is 0 Å². The van der Waals surface area contributed by atoms with Gasteiger partial charge in [0.25, 0.3) is 5.91 Å². The molecule has 0 atom stereocenters. The van der Waals surface area contributed by atoms with Crippen molar-refractivity contribution in [2.75, 3.05) is 11.9 Å². The van der Waals surface area contributed by atoms with Gasteiger partial charge in [-0.2, -0.15) is 0 Å². The third-order valence-corrected chi connectivity index (χ3v) is 4.09. The van der Waals surface area contributed by atoms with Crippen LogP contribution in [0.4, 0.5) is 5.13 Å². The molecule has 3 N–H and O–H groups in total. The van der Waals surface area contributed by atoms with Crippen molar-refractivity contribution in [2.45, 2.75) is 20.5 Å². The van der Waals surface area contributed by atoms with Gasteiger partial charge >= 0.3 is 0 Å². The molecule has 0 aliphatic heterocycles. The molecule has 0 unspecified atom stereocenters. The van der Waals surface area contributed by atoms with Crippen LogP contribution in [0, 0.1) is 5.41 Å². The fraction of sp³-hybridized carbons (Fsp3) is 0.312. The summed E-state index contributed by atoms with van der Waals surface area (Å²) in [5.41, 5.74) is 5.49. The highest BCUT2D eigenvalue weighted by Gasteiger charge is 2.29. The maximum atomic E-state index is 12.3. The second kappa shape index (κ2) is 7.34. The number of thiazole rings is 1. The summed E-state index contributed by atoms with van der Waals surface area (Å²) in [6.45, 7) is 4.29. The smallest absolute Gasteiger partial charge is 0.260 e. The molecule has 0 aliphatic carbocycles. The number of ether oxygens (including phenoxy) is 1. The lowest BCUT2D eigenvalue weighted by molar-refractivity contribution is -0.127. The first-order chi connectivity index (χ1) is 10.9. The van der Waals surface area contributed by atoms with Gasteiger partial charge in [-0.25, -0.2) is 4.98 Å². The first-order valence-corrected chi connectivity index (χ1v) is 7.89. The quantitative estimate of drug-likeness (QED) is 0.813. The molecular formula is C16H19N3O3S. The number of aromatic nitrogens is 1. The fourth-order valence-corrected chi connectivity index (χ4v) is 2.44. The Morgan fingerprint density at radius 2 is 2.00 bits per heavy atom. The van der Waals surface area contributed by atoms with Crippen LogP contribution in [0.5, 0.6) is 0 Å². The zero-order valence-electron chi connectivity index (χ0n) is 13.0. The normalized spacial score (nSPS) is 11.2. The fourth-order valence-electron chi connectivity index (χ4n) is 1.78. The van der Waals surface area contributed by atoms with Crippen LogP contribution in [0.25, 0.3) is 0 Å². The second-order valence-corrected chi connectivity index (χ2v) is 6.74. The molecule has 1 aromatic heterocycles. The summed E-state index contributed by atoms with van der Waals surface area (Å²) in [7, 11) is 0. The Balaban J connectivity index is 1.87. The summed E-state index contributed by atoms with van der Waals surface area (Å²) in [5, 5.41) is 3.03. The van der Waals surface area contributed by atoms with Crippen LogP contribution in [0.1, 0.15) is 29.1 Å². The van der Waals surface area contributed by atoms with E-state index in [0.717, 1.165) is 16.9 Å². The molecule has 0 aliphatic rings. The molecule has 23 heavy (non-hydrogen) atoms. The van der Waals surface area contributed by atoms with E-state index < -0.39 is 11.3 Å². The van der Waals surface area contributed by atoms with Crippen LogP contribution in [0.2, 0.25) is 0 Å². The molecular weight excluding hydrogens is 314 g/mol. The van der Waals surface area contributed by atoms with E-state index in [-0.39, 0.29) is 12.5 Å². The molecule has 0 saturated carbocycles. The Morgan fingerprint density at radius 3 is 2.61 bits per heavy atom. The van der Waals surface area contributed by atoms with Gasteiger partial charge in [0.1, 0.15) is 4.88 Å². The minimum atomic E-state index is -0.729. The van der Waals surface area contributed by atoms with E-state index in [9.17, 15) is 9.59 Å². The molecule has 0 saturated heterocycles. The number of nitrogens with one attached hydrogen (secondary N) is 1.